The maximum Gasteiger partial charge on any atom is 0.243 e. The highest BCUT2D eigenvalue weighted by atomic mass is 16.5. The van der Waals surface area contributed by atoms with Gasteiger partial charge in [0.1, 0.15) is 5.75 Å². The molecule has 3 rings (SSSR count). The number of amides is 2. The summed E-state index contributed by atoms with van der Waals surface area (Å²) in [6.07, 6.45) is 0. The largest absolute Gasteiger partial charge is 0.497 e. The molecule has 0 aliphatic carbocycles. The first kappa shape index (κ1) is 21.6. The fourth-order valence-electron chi connectivity index (χ4n) is 3.58. The van der Waals surface area contributed by atoms with Crippen molar-refractivity contribution < 1.29 is 14.3 Å². The zero-order chi connectivity index (χ0) is 21.5. The fraction of sp³-hybridized carbons (Fsp3) is 0.391. The molecule has 0 radical (unpaired) electrons. The number of anilines is 2. The summed E-state index contributed by atoms with van der Waals surface area (Å²) in [5, 5.41) is 2.80. The van der Waals surface area contributed by atoms with Gasteiger partial charge in [0, 0.05) is 50.7 Å². The topological polar surface area (TPSA) is 65.1 Å². The third-order valence-corrected chi connectivity index (χ3v) is 5.35. The van der Waals surface area contributed by atoms with Gasteiger partial charge in [0.05, 0.1) is 20.2 Å². The van der Waals surface area contributed by atoms with E-state index < -0.39 is 0 Å². The number of likely N-dealkylation sites (N-methyl/N-ethyl adjacent to an activating group) is 1. The lowest BCUT2D eigenvalue weighted by Crippen LogP contribution is -2.50. The lowest BCUT2D eigenvalue weighted by atomic mass is 10.1. The zero-order valence-corrected chi connectivity index (χ0v) is 17.9. The van der Waals surface area contributed by atoms with E-state index in [9.17, 15) is 9.59 Å². The number of benzene rings is 2. The molecule has 2 aromatic rings. The first-order chi connectivity index (χ1) is 14.5. The average molecular weight is 411 g/mol. The zero-order valence-electron chi connectivity index (χ0n) is 17.9. The van der Waals surface area contributed by atoms with Crippen molar-refractivity contribution in [1.82, 2.24) is 9.80 Å². The molecule has 1 fully saturated rings. The Kier molecular flexibility index (Phi) is 7.30. The molecule has 2 amide bonds. The van der Waals surface area contributed by atoms with Crippen LogP contribution in [-0.4, -0.2) is 75.0 Å². The number of para-hydroxylation sites is 1. The van der Waals surface area contributed by atoms with Gasteiger partial charge in [-0.2, -0.15) is 0 Å². The van der Waals surface area contributed by atoms with E-state index in [0.717, 1.165) is 26.2 Å². The predicted molar refractivity (Wildman–Crippen MR) is 119 cm³/mol. The SMILES string of the molecule is COc1cccc(NC(=O)CN(C)C(=O)CN2CCN(c3ccccc3C)CC2)c1. The maximum atomic E-state index is 12.6. The van der Waals surface area contributed by atoms with E-state index in [-0.39, 0.29) is 18.4 Å². The normalized spacial score (nSPS) is 14.3. The van der Waals surface area contributed by atoms with Gasteiger partial charge in [0.2, 0.25) is 11.8 Å². The highest BCUT2D eigenvalue weighted by Crippen LogP contribution is 2.21. The molecule has 160 valence electrons. The smallest absolute Gasteiger partial charge is 0.243 e. The van der Waals surface area contributed by atoms with Crippen molar-refractivity contribution >= 4 is 23.2 Å². The second-order valence-electron chi connectivity index (χ2n) is 7.58. The van der Waals surface area contributed by atoms with Crippen LogP contribution >= 0.6 is 0 Å². The third-order valence-electron chi connectivity index (χ3n) is 5.35. The Morgan fingerprint density at radius 3 is 2.50 bits per heavy atom. The number of hydrogen-bond acceptors (Lipinski definition) is 5. The van der Waals surface area contributed by atoms with Crippen LogP contribution < -0.4 is 15.0 Å². The van der Waals surface area contributed by atoms with Crippen molar-refractivity contribution in [1.29, 1.82) is 0 Å². The fourth-order valence-corrected chi connectivity index (χ4v) is 3.58. The predicted octanol–water partition coefficient (Wildman–Crippen LogP) is 2.22. The van der Waals surface area contributed by atoms with E-state index in [2.05, 4.69) is 40.2 Å². The molecule has 2 aromatic carbocycles. The Morgan fingerprint density at radius 2 is 1.80 bits per heavy atom. The van der Waals surface area contributed by atoms with Crippen LogP contribution in [0.2, 0.25) is 0 Å². The highest BCUT2D eigenvalue weighted by Gasteiger charge is 2.22. The lowest BCUT2D eigenvalue weighted by Gasteiger charge is -2.37. The summed E-state index contributed by atoms with van der Waals surface area (Å²) in [5.41, 5.74) is 3.17. The molecule has 0 saturated carbocycles. The van der Waals surface area contributed by atoms with Gasteiger partial charge in [-0.15, -0.1) is 0 Å². The van der Waals surface area contributed by atoms with E-state index >= 15 is 0 Å². The van der Waals surface area contributed by atoms with Crippen LogP contribution in [0.1, 0.15) is 5.56 Å². The molecular weight excluding hydrogens is 380 g/mol. The Hall–Kier alpha value is -3.06. The second kappa shape index (κ2) is 10.1. The minimum absolute atomic E-state index is 0.0131. The number of methoxy groups -OCH3 is 1. The molecule has 30 heavy (non-hydrogen) atoms. The van der Waals surface area contributed by atoms with Crippen LogP contribution in [0.25, 0.3) is 0 Å². The molecule has 0 spiro atoms. The van der Waals surface area contributed by atoms with Gasteiger partial charge in [0.15, 0.2) is 0 Å². The summed E-state index contributed by atoms with van der Waals surface area (Å²) in [5.74, 6) is 0.380. The van der Waals surface area contributed by atoms with E-state index in [1.165, 1.54) is 16.2 Å². The quantitative estimate of drug-likeness (QED) is 0.758. The van der Waals surface area contributed by atoms with Crippen molar-refractivity contribution in [3.05, 3.63) is 54.1 Å². The number of nitrogens with zero attached hydrogens (tertiary/aromatic N) is 3. The van der Waals surface area contributed by atoms with Crippen molar-refractivity contribution in [3.8, 4) is 5.75 Å². The number of carbonyl (C=O) groups excluding carboxylic acids is 2. The molecule has 1 saturated heterocycles. The molecule has 0 atom stereocenters. The highest BCUT2D eigenvalue weighted by molar-refractivity contribution is 5.94. The summed E-state index contributed by atoms with van der Waals surface area (Å²) in [4.78, 5) is 30.8. The average Bonchev–Trinajstić information content (AvgIpc) is 2.74. The second-order valence-corrected chi connectivity index (χ2v) is 7.58. The van der Waals surface area contributed by atoms with Crippen LogP contribution in [0.4, 0.5) is 11.4 Å². The first-order valence-corrected chi connectivity index (χ1v) is 10.2. The molecule has 1 aliphatic heterocycles. The van der Waals surface area contributed by atoms with E-state index in [4.69, 9.17) is 4.74 Å². The summed E-state index contributed by atoms with van der Waals surface area (Å²) in [6, 6.07) is 15.5. The number of ether oxygens (including phenoxy) is 1. The van der Waals surface area contributed by atoms with E-state index in [0.29, 0.717) is 18.0 Å². The number of nitrogens with one attached hydrogen (secondary N) is 1. The van der Waals surface area contributed by atoms with Crippen LogP contribution in [0.5, 0.6) is 5.75 Å². The monoisotopic (exact) mass is 410 g/mol. The van der Waals surface area contributed by atoms with Crippen molar-refractivity contribution in [3.63, 3.8) is 0 Å². The van der Waals surface area contributed by atoms with Crippen LogP contribution in [-0.2, 0) is 9.59 Å². The minimum atomic E-state index is -0.233. The summed E-state index contributed by atoms with van der Waals surface area (Å²) in [6.45, 7) is 5.88. The van der Waals surface area contributed by atoms with Gasteiger partial charge in [-0.25, -0.2) is 0 Å². The Labute approximate surface area is 178 Å². The van der Waals surface area contributed by atoms with Crippen LogP contribution in [0.15, 0.2) is 48.5 Å². The molecule has 7 heteroatoms. The van der Waals surface area contributed by atoms with E-state index in [1.807, 2.05) is 12.1 Å². The van der Waals surface area contributed by atoms with Crippen molar-refractivity contribution in [2.45, 2.75) is 6.92 Å². The van der Waals surface area contributed by atoms with Crippen molar-refractivity contribution in [2.24, 2.45) is 0 Å². The number of hydrogen-bond donors (Lipinski definition) is 1. The number of carbonyl (C=O) groups is 2. The molecule has 0 aromatic heterocycles. The summed E-state index contributed by atoms with van der Waals surface area (Å²) < 4.78 is 5.16. The number of aryl methyl sites for hydroxylation is 1. The van der Waals surface area contributed by atoms with Gasteiger partial charge in [-0.3, -0.25) is 14.5 Å². The van der Waals surface area contributed by atoms with Gasteiger partial charge in [-0.05, 0) is 30.7 Å². The number of piperazine rings is 1. The van der Waals surface area contributed by atoms with Gasteiger partial charge >= 0.3 is 0 Å². The Balaban J connectivity index is 1.44. The molecule has 0 bridgehead atoms. The Morgan fingerprint density at radius 1 is 1.07 bits per heavy atom. The molecular formula is C23H30N4O3. The van der Waals surface area contributed by atoms with Gasteiger partial charge in [0.25, 0.3) is 0 Å². The summed E-state index contributed by atoms with van der Waals surface area (Å²) in [7, 11) is 3.24. The molecule has 0 unspecified atom stereocenters. The van der Waals surface area contributed by atoms with Crippen LogP contribution in [0, 0.1) is 6.92 Å². The number of rotatable bonds is 7. The van der Waals surface area contributed by atoms with Gasteiger partial charge in [-0.1, -0.05) is 24.3 Å². The van der Waals surface area contributed by atoms with Crippen molar-refractivity contribution in [2.75, 3.05) is 63.6 Å². The summed E-state index contributed by atoms with van der Waals surface area (Å²) >= 11 is 0. The molecule has 1 heterocycles. The maximum absolute atomic E-state index is 12.6. The van der Waals surface area contributed by atoms with E-state index in [1.54, 1.807) is 32.4 Å². The third kappa shape index (κ3) is 5.73. The molecule has 1 N–H and O–H groups in total. The first-order valence-electron chi connectivity index (χ1n) is 10.2. The molecule has 1 aliphatic rings. The van der Waals surface area contributed by atoms with Gasteiger partial charge < -0.3 is 19.9 Å². The minimum Gasteiger partial charge on any atom is -0.497 e. The molecule has 7 nitrogen and oxygen atoms in total. The lowest BCUT2D eigenvalue weighted by molar-refractivity contribution is -0.134. The van der Waals surface area contributed by atoms with Crippen LogP contribution in [0.3, 0.4) is 0 Å². The standard InChI is InChI=1S/C23H30N4O3/c1-18-7-4-5-10-21(18)27-13-11-26(12-14-27)17-23(29)25(2)16-22(28)24-19-8-6-9-20(15-19)30-3/h4-10,15H,11-14,16-17H2,1-3H3,(H,24,28). The Bertz CT molecular complexity index is 878.